The van der Waals surface area contributed by atoms with Crippen molar-refractivity contribution in [3.8, 4) is 0 Å². The molecule has 7 nitrogen and oxygen atoms in total. The molecule has 3 rings (SSSR count). The zero-order valence-corrected chi connectivity index (χ0v) is 10.4. The quantitative estimate of drug-likeness (QED) is 0.866. The molecule has 0 saturated carbocycles. The van der Waals surface area contributed by atoms with Crippen LogP contribution in [0.1, 0.15) is 25.7 Å². The number of anilines is 1. The summed E-state index contributed by atoms with van der Waals surface area (Å²) in [4.78, 5) is 17.6. The number of carboxylic acids is 1. The highest BCUT2D eigenvalue weighted by Gasteiger charge is 2.29. The summed E-state index contributed by atoms with van der Waals surface area (Å²) in [5.74, 6) is -0.195. The van der Waals surface area contributed by atoms with Crippen molar-refractivity contribution in [1.29, 1.82) is 0 Å². The van der Waals surface area contributed by atoms with Gasteiger partial charge in [0.15, 0.2) is 5.82 Å². The summed E-state index contributed by atoms with van der Waals surface area (Å²) in [6.45, 7) is 0.691. The highest BCUT2D eigenvalue weighted by molar-refractivity contribution is 5.80. The number of carboxylic acid groups (broad SMARTS) is 1. The van der Waals surface area contributed by atoms with E-state index in [0.717, 1.165) is 19.3 Å². The van der Waals surface area contributed by atoms with Crippen molar-refractivity contribution < 1.29 is 9.90 Å². The van der Waals surface area contributed by atoms with Gasteiger partial charge in [0.1, 0.15) is 12.4 Å². The lowest BCUT2D eigenvalue weighted by Crippen LogP contribution is -2.41. The van der Waals surface area contributed by atoms with E-state index in [9.17, 15) is 9.90 Å². The van der Waals surface area contributed by atoms with E-state index in [1.807, 2.05) is 4.90 Å². The van der Waals surface area contributed by atoms with Crippen LogP contribution in [0.25, 0.3) is 5.65 Å². The van der Waals surface area contributed by atoms with Crippen LogP contribution in [0, 0.1) is 0 Å². The molecule has 0 aliphatic carbocycles. The second-order valence-electron chi connectivity index (χ2n) is 4.71. The minimum absolute atomic E-state index is 0.530. The first-order valence-corrected chi connectivity index (χ1v) is 6.41. The fourth-order valence-electron chi connectivity index (χ4n) is 2.57. The fourth-order valence-corrected chi connectivity index (χ4v) is 2.57. The summed E-state index contributed by atoms with van der Waals surface area (Å²) >= 11 is 0. The Labute approximate surface area is 109 Å². The number of aromatic nitrogens is 4. The lowest BCUT2D eigenvalue weighted by atomic mass is 10.1. The van der Waals surface area contributed by atoms with Crippen molar-refractivity contribution in [3.05, 3.63) is 18.7 Å². The van der Waals surface area contributed by atoms with Gasteiger partial charge in [0.2, 0.25) is 5.65 Å². The first kappa shape index (κ1) is 11.9. The van der Waals surface area contributed by atoms with Gasteiger partial charge in [0.05, 0.1) is 0 Å². The molecule has 2 aromatic heterocycles. The molecule has 1 unspecified atom stereocenters. The summed E-state index contributed by atoms with van der Waals surface area (Å²) in [5, 5.41) is 17.3. The zero-order valence-electron chi connectivity index (χ0n) is 10.4. The molecule has 1 fully saturated rings. The molecule has 19 heavy (non-hydrogen) atoms. The van der Waals surface area contributed by atoms with Crippen LogP contribution in [0.2, 0.25) is 0 Å². The third kappa shape index (κ3) is 2.11. The molecular formula is C12H15N5O2. The van der Waals surface area contributed by atoms with Crippen LogP contribution in [-0.4, -0.2) is 43.2 Å². The predicted octanol–water partition coefficient (Wildman–Crippen LogP) is 0.958. The molecule has 7 heteroatoms. The van der Waals surface area contributed by atoms with E-state index in [2.05, 4.69) is 15.2 Å². The fraction of sp³-hybridized carbons (Fsp3) is 0.500. The number of carbonyl (C=O) groups is 1. The number of aliphatic carboxylic acids is 1. The van der Waals surface area contributed by atoms with Crippen LogP contribution in [0.3, 0.4) is 0 Å². The Morgan fingerprint density at radius 2 is 2.26 bits per heavy atom. The molecule has 1 atom stereocenters. The molecule has 0 bridgehead atoms. The van der Waals surface area contributed by atoms with Crippen molar-refractivity contribution in [2.45, 2.75) is 31.7 Å². The predicted molar refractivity (Wildman–Crippen MR) is 68.0 cm³/mol. The molecule has 1 saturated heterocycles. The normalized spacial score (nSPS) is 20.4. The highest BCUT2D eigenvalue weighted by atomic mass is 16.4. The SMILES string of the molecule is O=C(O)C1CCCCCN1c1nccn2cnnc12. The van der Waals surface area contributed by atoms with Gasteiger partial charge in [-0.25, -0.2) is 9.78 Å². The Morgan fingerprint density at radius 1 is 1.37 bits per heavy atom. The number of hydrogen-bond acceptors (Lipinski definition) is 5. The van der Waals surface area contributed by atoms with Crippen molar-refractivity contribution in [3.63, 3.8) is 0 Å². The van der Waals surface area contributed by atoms with Gasteiger partial charge in [-0.1, -0.05) is 12.8 Å². The van der Waals surface area contributed by atoms with E-state index in [-0.39, 0.29) is 0 Å². The molecular weight excluding hydrogens is 246 g/mol. The average Bonchev–Trinajstić information content (AvgIpc) is 2.74. The molecule has 0 spiro atoms. The summed E-state index contributed by atoms with van der Waals surface area (Å²) in [6, 6.07) is -0.530. The van der Waals surface area contributed by atoms with Crippen LogP contribution in [0.15, 0.2) is 18.7 Å². The molecule has 100 valence electrons. The van der Waals surface area contributed by atoms with E-state index in [1.165, 1.54) is 0 Å². The third-order valence-electron chi connectivity index (χ3n) is 3.51. The highest BCUT2D eigenvalue weighted by Crippen LogP contribution is 2.25. The van der Waals surface area contributed by atoms with E-state index < -0.39 is 12.0 Å². The van der Waals surface area contributed by atoms with Gasteiger partial charge < -0.3 is 10.0 Å². The molecule has 0 aromatic carbocycles. The largest absolute Gasteiger partial charge is 0.480 e. The molecule has 2 aromatic rings. The minimum Gasteiger partial charge on any atom is -0.480 e. The van der Waals surface area contributed by atoms with Crippen LogP contribution >= 0.6 is 0 Å². The van der Waals surface area contributed by atoms with E-state index in [1.54, 1.807) is 23.1 Å². The maximum absolute atomic E-state index is 11.5. The van der Waals surface area contributed by atoms with Crippen molar-refractivity contribution in [1.82, 2.24) is 19.6 Å². The molecule has 3 heterocycles. The maximum Gasteiger partial charge on any atom is 0.326 e. The Morgan fingerprint density at radius 3 is 3.11 bits per heavy atom. The minimum atomic E-state index is -0.801. The second-order valence-corrected chi connectivity index (χ2v) is 4.71. The van der Waals surface area contributed by atoms with E-state index in [4.69, 9.17) is 0 Å². The molecule has 1 N–H and O–H groups in total. The van der Waals surface area contributed by atoms with E-state index >= 15 is 0 Å². The topological polar surface area (TPSA) is 83.6 Å². The lowest BCUT2D eigenvalue weighted by molar-refractivity contribution is -0.138. The molecule has 1 aliphatic heterocycles. The number of nitrogens with zero attached hydrogens (tertiary/aromatic N) is 5. The third-order valence-corrected chi connectivity index (χ3v) is 3.51. The van der Waals surface area contributed by atoms with Crippen molar-refractivity contribution in [2.24, 2.45) is 0 Å². The smallest absolute Gasteiger partial charge is 0.326 e. The zero-order chi connectivity index (χ0) is 13.2. The molecule has 1 aliphatic rings. The summed E-state index contributed by atoms with van der Waals surface area (Å²) in [6.07, 6.45) is 8.60. The number of fused-ring (bicyclic) bond motifs is 1. The number of hydrogen-bond donors (Lipinski definition) is 1. The van der Waals surface area contributed by atoms with Gasteiger partial charge >= 0.3 is 5.97 Å². The maximum atomic E-state index is 11.5. The van der Waals surface area contributed by atoms with Crippen LogP contribution in [0.4, 0.5) is 5.82 Å². The van der Waals surface area contributed by atoms with Gasteiger partial charge in [-0.15, -0.1) is 10.2 Å². The van der Waals surface area contributed by atoms with Gasteiger partial charge in [-0.2, -0.15) is 0 Å². The van der Waals surface area contributed by atoms with Gasteiger partial charge in [-0.3, -0.25) is 4.40 Å². The summed E-state index contributed by atoms with van der Waals surface area (Å²) < 4.78 is 1.76. The summed E-state index contributed by atoms with van der Waals surface area (Å²) in [5.41, 5.74) is 0.607. The van der Waals surface area contributed by atoms with Crippen LogP contribution in [-0.2, 0) is 4.79 Å². The standard InChI is InChI=1S/C12H15N5O2/c18-12(19)9-4-2-1-3-6-17(9)10-11-15-14-8-16(11)7-5-13-10/h5,7-9H,1-4,6H2,(H,18,19). The van der Waals surface area contributed by atoms with Crippen molar-refractivity contribution >= 4 is 17.4 Å². The molecule has 0 amide bonds. The van der Waals surface area contributed by atoms with Crippen LogP contribution < -0.4 is 4.90 Å². The van der Waals surface area contributed by atoms with Crippen LogP contribution in [0.5, 0.6) is 0 Å². The van der Waals surface area contributed by atoms with Crippen molar-refractivity contribution in [2.75, 3.05) is 11.4 Å². The van der Waals surface area contributed by atoms with Gasteiger partial charge in [0.25, 0.3) is 0 Å². The lowest BCUT2D eigenvalue weighted by Gasteiger charge is -2.27. The van der Waals surface area contributed by atoms with Gasteiger partial charge in [-0.05, 0) is 12.8 Å². The first-order chi connectivity index (χ1) is 9.27. The Balaban J connectivity index is 2.06. The molecule has 0 radical (unpaired) electrons. The summed E-state index contributed by atoms with van der Waals surface area (Å²) in [7, 11) is 0. The van der Waals surface area contributed by atoms with E-state index in [0.29, 0.717) is 24.4 Å². The second kappa shape index (κ2) is 4.83. The Kier molecular flexibility index (Phi) is 3.02. The first-order valence-electron chi connectivity index (χ1n) is 6.41. The Hall–Kier alpha value is -2.18. The monoisotopic (exact) mass is 261 g/mol. The average molecular weight is 261 g/mol. The van der Waals surface area contributed by atoms with Gasteiger partial charge in [0, 0.05) is 18.9 Å². The Bertz CT molecular complexity index is 597. The number of rotatable bonds is 2.